The molecule has 0 radical (unpaired) electrons. The highest BCUT2D eigenvalue weighted by Gasteiger charge is 2.43. The van der Waals surface area contributed by atoms with Gasteiger partial charge in [0.25, 0.3) is 0 Å². The van der Waals surface area contributed by atoms with Crippen molar-refractivity contribution in [3.05, 3.63) is 47.5 Å². The van der Waals surface area contributed by atoms with Crippen LogP contribution >= 0.6 is 0 Å². The van der Waals surface area contributed by atoms with Crippen molar-refractivity contribution in [1.82, 2.24) is 9.80 Å². The molecule has 0 aromatic heterocycles. The number of urea groups is 1. The lowest BCUT2D eigenvalue weighted by Crippen LogP contribution is -2.34. The van der Waals surface area contributed by atoms with Crippen molar-refractivity contribution in [1.29, 1.82) is 0 Å². The van der Waals surface area contributed by atoms with Crippen LogP contribution in [-0.4, -0.2) is 40.7 Å². The molecule has 0 N–H and O–H groups in total. The summed E-state index contributed by atoms with van der Waals surface area (Å²) in [5, 5.41) is 0. The fraction of sp³-hybridized carbons (Fsp3) is 0.450. The number of nitrogens with zero attached hydrogens (tertiary/aromatic N) is 2. The maximum absolute atomic E-state index is 12.4. The molecule has 0 bridgehead atoms. The summed E-state index contributed by atoms with van der Waals surface area (Å²) in [5.74, 6) is -1.36. The lowest BCUT2D eigenvalue weighted by atomic mass is 9.97. The van der Waals surface area contributed by atoms with Crippen molar-refractivity contribution in [3.8, 4) is 0 Å². The van der Waals surface area contributed by atoms with Gasteiger partial charge in [-0.2, -0.15) is 0 Å². The Kier molecular flexibility index (Phi) is 5.64. The monoisotopic (exact) mass is 340 g/mol. The van der Waals surface area contributed by atoms with Gasteiger partial charge < -0.3 is 0 Å². The minimum atomic E-state index is -0.685. The van der Waals surface area contributed by atoms with Crippen molar-refractivity contribution in [3.63, 3.8) is 0 Å². The van der Waals surface area contributed by atoms with Gasteiger partial charge in [0, 0.05) is 13.1 Å². The van der Waals surface area contributed by atoms with E-state index in [-0.39, 0.29) is 6.54 Å². The highest BCUT2D eigenvalue weighted by Crippen LogP contribution is 2.22. The van der Waals surface area contributed by atoms with Gasteiger partial charge in [-0.15, -0.1) is 0 Å². The second-order valence-corrected chi connectivity index (χ2v) is 6.64. The van der Waals surface area contributed by atoms with E-state index < -0.39 is 17.8 Å². The summed E-state index contributed by atoms with van der Waals surface area (Å²) in [7, 11) is 0. The number of rotatable bonds is 7. The maximum atomic E-state index is 12.4. The molecule has 1 fully saturated rings. The Hall–Kier alpha value is -2.43. The normalized spacial score (nSPS) is 18.1. The average Bonchev–Trinajstić information content (AvgIpc) is 2.85. The number of carbonyl (C=O) groups is 3. The Labute approximate surface area is 148 Å². The van der Waals surface area contributed by atoms with Gasteiger partial charge in [0.15, 0.2) is 0 Å². The third-order valence-corrected chi connectivity index (χ3v) is 4.87. The fourth-order valence-corrected chi connectivity index (χ4v) is 3.42. The molecule has 4 amide bonds. The van der Waals surface area contributed by atoms with Crippen molar-refractivity contribution in [2.24, 2.45) is 0 Å². The standard InChI is InChI=1S/C20H24N2O3/c23-18-19(24)22(15-13-17-10-5-2-6-11-17)20(25)21(18)14-7-12-16-8-3-1-4-9-16/h1,3-4,8-10H,2,5-7,11-15H2. The molecule has 1 saturated heterocycles. The summed E-state index contributed by atoms with van der Waals surface area (Å²) < 4.78 is 0. The lowest BCUT2D eigenvalue weighted by molar-refractivity contribution is -0.143. The summed E-state index contributed by atoms with van der Waals surface area (Å²) >= 11 is 0. The van der Waals surface area contributed by atoms with Crippen molar-refractivity contribution < 1.29 is 14.4 Å². The molecule has 1 heterocycles. The van der Waals surface area contributed by atoms with E-state index in [2.05, 4.69) is 6.08 Å². The van der Waals surface area contributed by atoms with Crippen molar-refractivity contribution in [2.75, 3.05) is 13.1 Å². The molecule has 5 nitrogen and oxygen atoms in total. The predicted molar refractivity (Wildman–Crippen MR) is 94.8 cm³/mol. The minimum absolute atomic E-state index is 0.289. The van der Waals surface area contributed by atoms with Crippen LogP contribution < -0.4 is 0 Å². The van der Waals surface area contributed by atoms with Gasteiger partial charge in [-0.3, -0.25) is 19.4 Å². The highest BCUT2D eigenvalue weighted by molar-refractivity contribution is 6.44. The summed E-state index contributed by atoms with van der Waals surface area (Å²) in [6.45, 7) is 0.599. The first kappa shape index (κ1) is 17.4. The number of aryl methyl sites for hydroxylation is 1. The van der Waals surface area contributed by atoms with Crippen LogP contribution in [0.2, 0.25) is 0 Å². The molecule has 0 saturated carbocycles. The van der Waals surface area contributed by atoms with E-state index in [1.165, 1.54) is 12.0 Å². The number of carbonyl (C=O) groups excluding carboxylic acids is 3. The number of amides is 4. The molecule has 5 heteroatoms. The molecule has 0 atom stereocenters. The molecular weight excluding hydrogens is 316 g/mol. The molecule has 1 aromatic carbocycles. The number of hydrogen-bond acceptors (Lipinski definition) is 3. The Morgan fingerprint density at radius 1 is 0.840 bits per heavy atom. The van der Waals surface area contributed by atoms with Crippen LogP contribution in [0.15, 0.2) is 42.0 Å². The topological polar surface area (TPSA) is 57.7 Å². The first-order valence-electron chi connectivity index (χ1n) is 9.06. The fourth-order valence-electron chi connectivity index (χ4n) is 3.42. The molecule has 1 aromatic rings. The van der Waals surface area contributed by atoms with Crippen LogP contribution in [0.3, 0.4) is 0 Å². The quantitative estimate of drug-likeness (QED) is 0.435. The van der Waals surface area contributed by atoms with Gasteiger partial charge in [-0.1, -0.05) is 42.0 Å². The zero-order valence-electron chi connectivity index (χ0n) is 14.4. The van der Waals surface area contributed by atoms with E-state index in [0.717, 1.165) is 41.0 Å². The SMILES string of the molecule is O=C1C(=O)N(CCC2=CCCCC2)C(=O)N1CCCc1ccccc1. The van der Waals surface area contributed by atoms with Crippen LogP contribution in [0.5, 0.6) is 0 Å². The van der Waals surface area contributed by atoms with Crippen LogP contribution in [0.4, 0.5) is 4.79 Å². The largest absolute Gasteiger partial charge is 0.334 e. The van der Waals surface area contributed by atoms with E-state index in [9.17, 15) is 14.4 Å². The van der Waals surface area contributed by atoms with Crippen LogP contribution in [0, 0.1) is 0 Å². The summed E-state index contributed by atoms with van der Waals surface area (Å²) in [4.78, 5) is 38.9. The van der Waals surface area contributed by atoms with E-state index in [1.807, 2.05) is 30.3 Å². The highest BCUT2D eigenvalue weighted by atomic mass is 16.2. The molecule has 1 aliphatic heterocycles. The number of allylic oxidation sites excluding steroid dienone is 1. The molecule has 25 heavy (non-hydrogen) atoms. The van der Waals surface area contributed by atoms with Gasteiger partial charge in [0.1, 0.15) is 0 Å². The Morgan fingerprint density at radius 3 is 2.24 bits per heavy atom. The summed E-state index contributed by atoms with van der Waals surface area (Å²) in [6, 6.07) is 9.46. The number of imide groups is 2. The Bertz CT molecular complexity index is 681. The Balaban J connectivity index is 1.52. The molecule has 3 rings (SSSR count). The van der Waals surface area contributed by atoms with E-state index in [4.69, 9.17) is 0 Å². The molecule has 132 valence electrons. The van der Waals surface area contributed by atoms with E-state index in [0.29, 0.717) is 19.4 Å². The summed E-state index contributed by atoms with van der Waals surface area (Å²) in [5.41, 5.74) is 2.45. The second kappa shape index (κ2) is 8.10. The number of hydrogen-bond donors (Lipinski definition) is 0. The van der Waals surface area contributed by atoms with Crippen LogP contribution in [-0.2, 0) is 16.0 Å². The van der Waals surface area contributed by atoms with Gasteiger partial charge in [-0.25, -0.2) is 4.79 Å². The molecule has 0 spiro atoms. The molecule has 0 unspecified atom stereocenters. The van der Waals surface area contributed by atoms with Gasteiger partial charge >= 0.3 is 17.8 Å². The van der Waals surface area contributed by atoms with Crippen LogP contribution in [0.25, 0.3) is 0 Å². The van der Waals surface area contributed by atoms with Gasteiger partial charge in [0.2, 0.25) is 0 Å². The smallest absolute Gasteiger partial charge is 0.263 e. The van der Waals surface area contributed by atoms with Crippen molar-refractivity contribution >= 4 is 17.8 Å². The Morgan fingerprint density at radius 2 is 1.56 bits per heavy atom. The van der Waals surface area contributed by atoms with E-state index in [1.54, 1.807) is 0 Å². The second-order valence-electron chi connectivity index (χ2n) is 6.64. The molecular formula is C20H24N2O3. The molecule has 2 aliphatic rings. The van der Waals surface area contributed by atoms with Crippen LogP contribution in [0.1, 0.15) is 44.1 Å². The predicted octanol–water partition coefficient (Wildman–Crippen LogP) is 3.30. The van der Waals surface area contributed by atoms with E-state index >= 15 is 0 Å². The zero-order chi connectivity index (χ0) is 17.6. The zero-order valence-corrected chi connectivity index (χ0v) is 14.4. The average molecular weight is 340 g/mol. The first-order chi connectivity index (χ1) is 12.2. The third kappa shape index (κ3) is 4.16. The van der Waals surface area contributed by atoms with Gasteiger partial charge in [-0.05, 0) is 50.5 Å². The molecule has 1 aliphatic carbocycles. The summed E-state index contributed by atoms with van der Waals surface area (Å²) in [6.07, 6.45) is 8.80. The maximum Gasteiger partial charge on any atom is 0.334 e. The van der Waals surface area contributed by atoms with Gasteiger partial charge in [0.05, 0.1) is 0 Å². The number of benzene rings is 1. The lowest BCUT2D eigenvalue weighted by Gasteiger charge is -2.17. The first-order valence-corrected chi connectivity index (χ1v) is 9.06. The van der Waals surface area contributed by atoms with Crippen molar-refractivity contribution in [2.45, 2.75) is 44.9 Å². The third-order valence-electron chi connectivity index (χ3n) is 4.87. The minimum Gasteiger partial charge on any atom is -0.263 e.